The Balaban J connectivity index is 1.55. The molecule has 0 saturated carbocycles. The number of ether oxygens (including phenoxy) is 3. The summed E-state index contributed by atoms with van der Waals surface area (Å²) in [5.74, 6) is 0. The SMILES string of the molecule is Cc1ccc(S(=O)(=O)N[C@@H]2[C@@H](Cl)[C@@H]3OC[C@@H](O3)[C@H]2OCc2ccccc2)cc1. The van der Waals surface area contributed by atoms with E-state index in [0.29, 0.717) is 13.2 Å². The fraction of sp³-hybridized carbons (Fsp3) is 0.400. The first kappa shape index (κ1) is 19.8. The number of benzene rings is 2. The van der Waals surface area contributed by atoms with E-state index >= 15 is 0 Å². The molecule has 0 aromatic heterocycles. The molecule has 1 N–H and O–H groups in total. The Bertz CT molecular complexity index is 906. The van der Waals surface area contributed by atoms with Crippen molar-refractivity contribution in [3.63, 3.8) is 0 Å². The van der Waals surface area contributed by atoms with Crippen LogP contribution in [0.15, 0.2) is 59.5 Å². The zero-order valence-electron chi connectivity index (χ0n) is 15.3. The molecule has 2 aromatic rings. The van der Waals surface area contributed by atoms with Crippen molar-refractivity contribution in [2.24, 2.45) is 0 Å². The minimum Gasteiger partial charge on any atom is -0.369 e. The third-order valence-corrected chi connectivity index (χ3v) is 6.92. The number of halogens is 1. The molecule has 2 aromatic carbocycles. The van der Waals surface area contributed by atoms with E-state index in [4.69, 9.17) is 25.8 Å². The monoisotopic (exact) mass is 423 g/mol. The van der Waals surface area contributed by atoms with Gasteiger partial charge < -0.3 is 14.2 Å². The van der Waals surface area contributed by atoms with E-state index in [1.54, 1.807) is 24.3 Å². The van der Waals surface area contributed by atoms with Crippen LogP contribution in [0.1, 0.15) is 11.1 Å². The van der Waals surface area contributed by atoms with Crippen LogP contribution in [-0.4, -0.2) is 44.9 Å². The van der Waals surface area contributed by atoms with Gasteiger partial charge in [-0.2, -0.15) is 0 Å². The summed E-state index contributed by atoms with van der Waals surface area (Å²) in [6, 6.07) is 15.6. The second-order valence-electron chi connectivity index (χ2n) is 7.04. The molecule has 2 fully saturated rings. The highest BCUT2D eigenvalue weighted by Gasteiger charge is 2.52. The summed E-state index contributed by atoms with van der Waals surface area (Å²) in [5.41, 5.74) is 1.96. The van der Waals surface area contributed by atoms with E-state index in [-0.39, 0.29) is 11.0 Å². The number of alkyl halides is 1. The van der Waals surface area contributed by atoms with Crippen molar-refractivity contribution in [1.29, 1.82) is 0 Å². The second kappa shape index (κ2) is 8.10. The van der Waals surface area contributed by atoms with Crippen LogP contribution in [0.25, 0.3) is 0 Å². The first-order valence-electron chi connectivity index (χ1n) is 9.10. The van der Waals surface area contributed by atoms with Gasteiger partial charge in [-0.05, 0) is 24.6 Å². The third kappa shape index (κ3) is 4.10. The Morgan fingerprint density at radius 2 is 1.86 bits per heavy atom. The first-order valence-corrected chi connectivity index (χ1v) is 11.0. The van der Waals surface area contributed by atoms with Gasteiger partial charge in [-0.25, -0.2) is 13.1 Å². The first-order chi connectivity index (χ1) is 13.4. The fourth-order valence-electron chi connectivity index (χ4n) is 3.44. The van der Waals surface area contributed by atoms with Crippen LogP contribution >= 0.6 is 11.6 Å². The molecule has 2 saturated heterocycles. The molecule has 0 spiro atoms. The smallest absolute Gasteiger partial charge is 0.240 e. The Labute approximate surface area is 169 Å². The molecule has 2 heterocycles. The Morgan fingerprint density at radius 3 is 2.57 bits per heavy atom. The van der Waals surface area contributed by atoms with Gasteiger partial charge in [-0.1, -0.05) is 48.0 Å². The maximum absolute atomic E-state index is 12.9. The van der Waals surface area contributed by atoms with Crippen LogP contribution in [0.3, 0.4) is 0 Å². The summed E-state index contributed by atoms with van der Waals surface area (Å²) in [6.45, 7) is 2.54. The summed E-state index contributed by atoms with van der Waals surface area (Å²) in [7, 11) is -3.77. The second-order valence-corrected chi connectivity index (χ2v) is 9.26. The van der Waals surface area contributed by atoms with E-state index in [2.05, 4.69) is 4.72 Å². The lowest BCUT2D eigenvalue weighted by Gasteiger charge is -2.38. The van der Waals surface area contributed by atoms with Crippen LogP contribution in [0.5, 0.6) is 0 Å². The number of fused-ring (bicyclic) bond motifs is 2. The number of rotatable bonds is 6. The quantitative estimate of drug-likeness (QED) is 0.723. The van der Waals surface area contributed by atoms with Crippen LogP contribution in [0.4, 0.5) is 0 Å². The zero-order chi connectivity index (χ0) is 19.7. The van der Waals surface area contributed by atoms with Crippen molar-refractivity contribution in [1.82, 2.24) is 4.72 Å². The van der Waals surface area contributed by atoms with Crippen molar-refractivity contribution >= 4 is 21.6 Å². The van der Waals surface area contributed by atoms with Gasteiger partial charge in [-0.15, -0.1) is 11.6 Å². The van der Waals surface area contributed by atoms with Crippen LogP contribution < -0.4 is 4.72 Å². The Hall–Kier alpha value is -1.48. The van der Waals surface area contributed by atoms with E-state index in [1.807, 2.05) is 37.3 Å². The Morgan fingerprint density at radius 1 is 1.14 bits per heavy atom. The molecule has 2 aliphatic rings. The predicted molar refractivity (Wildman–Crippen MR) is 105 cm³/mol. The maximum Gasteiger partial charge on any atom is 0.240 e. The van der Waals surface area contributed by atoms with E-state index in [9.17, 15) is 8.42 Å². The molecule has 0 unspecified atom stereocenters. The average molecular weight is 424 g/mol. The lowest BCUT2D eigenvalue weighted by molar-refractivity contribution is -0.146. The summed E-state index contributed by atoms with van der Waals surface area (Å²) >= 11 is 6.51. The Kier molecular flexibility index (Phi) is 5.73. The third-order valence-electron chi connectivity index (χ3n) is 4.96. The number of hydrogen-bond acceptors (Lipinski definition) is 5. The van der Waals surface area contributed by atoms with Crippen molar-refractivity contribution < 1.29 is 22.6 Å². The molecule has 5 atom stereocenters. The number of sulfonamides is 1. The number of nitrogens with one attached hydrogen (secondary N) is 1. The molecule has 2 bridgehead atoms. The standard InChI is InChI=1S/C20H22ClNO5S/c1-13-7-9-15(10-8-13)28(23,24)22-18-17(21)20-26-12-16(27-20)19(18)25-11-14-5-3-2-4-6-14/h2-10,16-20,22H,11-12H2,1H3/t16-,17-,18-,19-,20-/m1/s1. The van der Waals surface area contributed by atoms with Gasteiger partial charge in [0.15, 0.2) is 6.29 Å². The van der Waals surface area contributed by atoms with Gasteiger partial charge in [0.1, 0.15) is 17.6 Å². The summed E-state index contributed by atoms with van der Waals surface area (Å²) < 4.78 is 45.9. The van der Waals surface area contributed by atoms with E-state index in [1.165, 1.54) is 0 Å². The van der Waals surface area contributed by atoms with Crippen LogP contribution in [0, 0.1) is 6.92 Å². The average Bonchev–Trinajstić information content (AvgIpc) is 3.13. The lowest BCUT2D eigenvalue weighted by atomic mass is 10.0. The summed E-state index contributed by atoms with van der Waals surface area (Å²) in [6.07, 6.45) is -1.61. The van der Waals surface area contributed by atoms with Crippen molar-refractivity contribution in [3.05, 3.63) is 65.7 Å². The van der Waals surface area contributed by atoms with Crippen LogP contribution in [-0.2, 0) is 30.8 Å². The normalized spacial score (nSPS) is 29.7. The van der Waals surface area contributed by atoms with Crippen molar-refractivity contribution in [3.8, 4) is 0 Å². The van der Waals surface area contributed by atoms with Gasteiger partial charge in [0.2, 0.25) is 10.0 Å². The van der Waals surface area contributed by atoms with Gasteiger partial charge in [0, 0.05) is 0 Å². The molecule has 4 rings (SSSR count). The topological polar surface area (TPSA) is 73.9 Å². The summed E-state index contributed by atoms with van der Waals surface area (Å²) in [5, 5.41) is -0.709. The number of hydrogen-bond donors (Lipinski definition) is 1. The number of aryl methyl sites for hydroxylation is 1. The van der Waals surface area contributed by atoms with E-state index in [0.717, 1.165) is 11.1 Å². The van der Waals surface area contributed by atoms with Crippen LogP contribution in [0.2, 0.25) is 0 Å². The van der Waals surface area contributed by atoms with Gasteiger partial charge in [0.25, 0.3) is 0 Å². The zero-order valence-corrected chi connectivity index (χ0v) is 16.9. The molecule has 0 radical (unpaired) electrons. The molecular formula is C20H22ClNO5S. The molecule has 0 aliphatic carbocycles. The molecule has 6 nitrogen and oxygen atoms in total. The van der Waals surface area contributed by atoms with Gasteiger partial charge >= 0.3 is 0 Å². The van der Waals surface area contributed by atoms with E-state index < -0.39 is 33.8 Å². The minimum absolute atomic E-state index is 0.184. The molecule has 150 valence electrons. The molecule has 8 heteroatoms. The molecule has 0 amide bonds. The van der Waals surface area contributed by atoms with Crippen molar-refractivity contribution in [2.45, 2.75) is 48.3 Å². The summed E-state index contributed by atoms with van der Waals surface area (Å²) in [4.78, 5) is 0.184. The fourth-order valence-corrected chi connectivity index (χ4v) is 5.12. The molecule has 28 heavy (non-hydrogen) atoms. The molecular weight excluding hydrogens is 402 g/mol. The van der Waals surface area contributed by atoms with Gasteiger partial charge in [-0.3, -0.25) is 0 Å². The predicted octanol–water partition coefficient (Wildman–Crippen LogP) is 2.59. The highest BCUT2D eigenvalue weighted by atomic mass is 35.5. The minimum atomic E-state index is -3.77. The maximum atomic E-state index is 12.9. The highest BCUT2D eigenvalue weighted by Crippen LogP contribution is 2.34. The lowest BCUT2D eigenvalue weighted by Crippen LogP contribution is -2.60. The molecule has 2 aliphatic heterocycles. The van der Waals surface area contributed by atoms with Crippen molar-refractivity contribution in [2.75, 3.05) is 6.61 Å². The largest absolute Gasteiger partial charge is 0.369 e. The van der Waals surface area contributed by atoms with Gasteiger partial charge in [0.05, 0.1) is 24.2 Å². The highest BCUT2D eigenvalue weighted by molar-refractivity contribution is 7.89.